The average Bonchev–Trinajstić information content (AvgIpc) is 2.69. The molecule has 0 bridgehead atoms. The van der Waals surface area contributed by atoms with E-state index in [1.54, 1.807) is 12.3 Å². The third-order valence-electron chi connectivity index (χ3n) is 4.62. The van der Waals surface area contributed by atoms with Gasteiger partial charge in [-0.3, -0.25) is 14.9 Å². The number of aromatic nitrogens is 1. The van der Waals surface area contributed by atoms with Crippen LogP contribution in [0.1, 0.15) is 24.0 Å². The number of hydrogen-bond acceptors (Lipinski definition) is 5. The summed E-state index contributed by atoms with van der Waals surface area (Å²) in [5, 5.41) is 13.2. The third-order valence-corrected chi connectivity index (χ3v) is 5.15. The summed E-state index contributed by atoms with van der Waals surface area (Å²) in [6.07, 6.45) is 6.36. The van der Waals surface area contributed by atoms with E-state index in [0.717, 1.165) is 37.5 Å². The van der Waals surface area contributed by atoms with Gasteiger partial charge in [-0.1, -0.05) is 35.3 Å². The van der Waals surface area contributed by atoms with Crippen molar-refractivity contribution >= 4 is 41.0 Å². The second-order valence-corrected chi connectivity index (χ2v) is 7.58. The van der Waals surface area contributed by atoms with Crippen molar-refractivity contribution in [3.63, 3.8) is 0 Å². The highest BCUT2D eigenvalue weighted by Crippen LogP contribution is 2.24. The molecule has 6 nitrogen and oxygen atoms in total. The largest absolute Gasteiger partial charge is 0.366 e. The number of carbonyl (C=O) groups excluding carboxylic acids is 1. The lowest BCUT2D eigenvalue weighted by molar-refractivity contribution is -0.124. The first-order valence-corrected chi connectivity index (χ1v) is 9.80. The van der Waals surface area contributed by atoms with E-state index in [2.05, 4.69) is 21.3 Å². The SMILES string of the molecule is O=C(/C=C/c1cnc(NC2CCN(Cc3cccc(Cl)c3)CC2)c(Cl)c1)NO. The molecule has 1 aliphatic rings. The van der Waals surface area contributed by atoms with Gasteiger partial charge < -0.3 is 5.32 Å². The Balaban J connectivity index is 1.51. The highest BCUT2D eigenvalue weighted by atomic mass is 35.5. The van der Waals surface area contributed by atoms with Gasteiger partial charge >= 0.3 is 0 Å². The molecule has 1 saturated heterocycles. The fraction of sp³-hybridized carbons (Fsp3) is 0.300. The van der Waals surface area contributed by atoms with Crippen LogP contribution in [0.3, 0.4) is 0 Å². The van der Waals surface area contributed by atoms with Gasteiger partial charge in [-0.2, -0.15) is 0 Å². The van der Waals surface area contributed by atoms with Gasteiger partial charge in [-0.25, -0.2) is 10.5 Å². The maximum absolute atomic E-state index is 11.0. The van der Waals surface area contributed by atoms with E-state index in [9.17, 15) is 4.79 Å². The Kier molecular flexibility index (Phi) is 7.28. The van der Waals surface area contributed by atoms with Crippen molar-refractivity contribution in [3.05, 3.63) is 63.8 Å². The Labute approximate surface area is 174 Å². The number of piperidine rings is 1. The van der Waals surface area contributed by atoms with Gasteiger partial charge in [0.2, 0.25) is 0 Å². The summed E-state index contributed by atoms with van der Waals surface area (Å²) in [7, 11) is 0. The molecule has 148 valence electrons. The lowest BCUT2D eigenvalue weighted by Gasteiger charge is -2.32. The zero-order valence-corrected chi connectivity index (χ0v) is 16.7. The van der Waals surface area contributed by atoms with Gasteiger partial charge in [-0.15, -0.1) is 0 Å². The van der Waals surface area contributed by atoms with E-state index in [-0.39, 0.29) is 0 Å². The zero-order chi connectivity index (χ0) is 19.9. The van der Waals surface area contributed by atoms with Crippen molar-refractivity contribution in [2.45, 2.75) is 25.4 Å². The van der Waals surface area contributed by atoms with Crippen LogP contribution < -0.4 is 10.8 Å². The molecular weight excluding hydrogens is 399 g/mol. The van der Waals surface area contributed by atoms with Crippen LogP contribution in [0.25, 0.3) is 6.08 Å². The van der Waals surface area contributed by atoms with E-state index >= 15 is 0 Å². The summed E-state index contributed by atoms with van der Waals surface area (Å²) >= 11 is 12.4. The van der Waals surface area contributed by atoms with E-state index < -0.39 is 5.91 Å². The monoisotopic (exact) mass is 420 g/mol. The molecule has 2 aromatic rings. The van der Waals surface area contributed by atoms with Gasteiger partial charge in [0.25, 0.3) is 5.91 Å². The number of halogens is 2. The highest BCUT2D eigenvalue weighted by Gasteiger charge is 2.20. The van der Waals surface area contributed by atoms with Crippen molar-refractivity contribution in [2.24, 2.45) is 0 Å². The predicted molar refractivity (Wildman–Crippen MR) is 112 cm³/mol. The fourth-order valence-electron chi connectivity index (χ4n) is 3.18. The number of benzene rings is 1. The molecule has 8 heteroatoms. The first-order valence-electron chi connectivity index (χ1n) is 9.04. The maximum Gasteiger partial charge on any atom is 0.267 e. The molecule has 0 atom stereocenters. The first-order chi connectivity index (χ1) is 13.5. The minimum absolute atomic E-state index is 0.308. The molecule has 1 aromatic carbocycles. The lowest BCUT2D eigenvalue weighted by Crippen LogP contribution is -2.38. The van der Waals surface area contributed by atoms with Gasteiger partial charge in [-0.05, 0) is 48.2 Å². The van der Waals surface area contributed by atoms with Crippen molar-refractivity contribution in [1.29, 1.82) is 0 Å². The minimum atomic E-state index is -0.608. The molecule has 0 saturated carbocycles. The lowest BCUT2D eigenvalue weighted by atomic mass is 10.0. The molecule has 0 aliphatic carbocycles. The standard InChI is InChI=1S/C20H22Cl2N4O2/c21-16-3-1-2-15(10-16)13-26-8-6-17(7-9-26)24-20-18(22)11-14(12-23-20)4-5-19(27)25-28/h1-5,10-12,17,28H,6-9,13H2,(H,23,24)(H,25,27)/b5-4+. The molecule has 0 spiro atoms. The average molecular weight is 421 g/mol. The summed E-state index contributed by atoms with van der Waals surface area (Å²) in [6.45, 7) is 2.87. The number of anilines is 1. The predicted octanol–water partition coefficient (Wildman–Crippen LogP) is 3.98. The number of hydrogen-bond donors (Lipinski definition) is 3. The molecule has 3 rings (SSSR count). The van der Waals surface area contributed by atoms with Crippen molar-refractivity contribution in [3.8, 4) is 0 Å². The number of nitrogens with zero attached hydrogens (tertiary/aromatic N) is 2. The van der Waals surface area contributed by atoms with Crippen LogP contribution in [-0.2, 0) is 11.3 Å². The van der Waals surface area contributed by atoms with Crippen molar-refractivity contribution < 1.29 is 10.0 Å². The summed E-state index contributed by atoms with van der Waals surface area (Å²) in [5.74, 6) is 0.0292. The molecule has 0 radical (unpaired) electrons. The number of hydroxylamine groups is 1. The zero-order valence-electron chi connectivity index (χ0n) is 15.2. The smallest absolute Gasteiger partial charge is 0.267 e. The Morgan fingerprint density at radius 1 is 1.29 bits per heavy atom. The number of pyridine rings is 1. The molecule has 28 heavy (non-hydrogen) atoms. The Morgan fingerprint density at radius 2 is 2.07 bits per heavy atom. The molecule has 1 aromatic heterocycles. The topological polar surface area (TPSA) is 77.5 Å². The van der Waals surface area contributed by atoms with Crippen LogP contribution in [0.2, 0.25) is 10.0 Å². The maximum atomic E-state index is 11.0. The molecule has 3 N–H and O–H groups in total. The minimum Gasteiger partial charge on any atom is -0.366 e. The summed E-state index contributed by atoms with van der Waals surface area (Å²) in [6, 6.07) is 10.0. The normalized spacial score (nSPS) is 15.7. The van der Waals surface area contributed by atoms with Crippen molar-refractivity contribution in [1.82, 2.24) is 15.4 Å². The molecule has 2 heterocycles. The number of carbonyl (C=O) groups is 1. The number of amides is 1. The molecule has 1 aliphatic heterocycles. The number of rotatable bonds is 6. The third kappa shape index (κ3) is 5.94. The van der Waals surface area contributed by atoms with Crippen molar-refractivity contribution in [2.75, 3.05) is 18.4 Å². The number of likely N-dealkylation sites (tertiary alicyclic amines) is 1. The highest BCUT2D eigenvalue weighted by molar-refractivity contribution is 6.33. The first kappa shape index (κ1) is 20.6. The Hall–Kier alpha value is -2.12. The molecule has 1 amide bonds. The number of nitrogens with one attached hydrogen (secondary N) is 2. The van der Waals surface area contributed by atoms with E-state index in [1.165, 1.54) is 23.2 Å². The fourth-order valence-corrected chi connectivity index (χ4v) is 3.62. The molecule has 1 fully saturated rings. The van der Waals surface area contributed by atoms with E-state index in [0.29, 0.717) is 22.4 Å². The van der Waals surface area contributed by atoms with Crippen LogP contribution in [0.5, 0.6) is 0 Å². The summed E-state index contributed by atoms with van der Waals surface area (Å²) in [4.78, 5) is 17.8. The van der Waals surface area contributed by atoms with Crippen LogP contribution in [-0.4, -0.2) is 40.1 Å². The van der Waals surface area contributed by atoms with Crippen LogP contribution >= 0.6 is 23.2 Å². The van der Waals surface area contributed by atoms with E-state index in [1.807, 2.05) is 18.2 Å². The van der Waals surface area contributed by atoms with E-state index in [4.69, 9.17) is 28.4 Å². The summed E-state index contributed by atoms with van der Waals surface area (Å²) < 4.78 is 0. The van der Waals surface area contributed by atoms with Gasteiger partial charge in [0.05, 0.1) is 5.02 Å². The van der Waals surface area contributed by atoms with Gasteiger partial charge in [0, 0.05) is 43.0 Å². The second-order valence-electron chi connectivity index (χ2n) is 6.73. The summed E-state index contributed by atoms with van der Waals surface area (Å²) in [5.41, 5.74) is 3.44. The molecular formula is C20H22Cl2N4O2. The quantitative estimate of drug-likeness (QED) is 0.374. The molecule has 0 unspecified atom stereocenters. The van der Waals surface area contributed by atoms with Crippen LogP contribution in [0.15, 0.2) is 42.6 Å². The van der Waals surface area contributed by atoms with Crippen LogP contribution in [0, 0.1) is 0 Å². The van der Waals surface area contributed by atoms with Gasteiger partial charge in [0.1, 0.15) is 5.82 Å². The second kappa shape index (κ2) is 9.89. The Morgan fingerprint density at radius 3 is 2.75 bits per heavy atom. The Bertz CT molecular complexity index is 852. The van der Waals surface area contributed by atoms with Gasteiger partial charge in [0.15, 0.2) is 0 Å². The van der Waals surface area contributed by atoms with Crippen LogP contribution in [0.4, 0.5) is 5.82 Å².